The zero-order valence-electron chi connectivity index (χ0n) is 41.4. The summed E-state index contributed by atoms with van der Waals surface area (Å²) in [6.07, 6.45) is 22.9. The Morgan fingerprint density at radius 1 is 0.879 bits per heavy atom. The Morgan fingerprint density at radius 2 is 1.55 bits per heavy atom. The summed E-state index contributed by atoms with van der Waals surface area (Å²) in [4.78, 5) is 56.5. The number of carbonyl (C=O) groups is 3. The monoisotopic (exact) mass is 909 g/mol. The zero-order valence-corrected chi connectivity index (χ0v) is 42.8. The van der Waals surface area contributed by atoms with Gasteiger partial charge in [0.15, 0.2) is 5.78 Å². The van der Waals surface area contributed by atoms with Crippen molar-refractivity contribution < 1.29 is 29.0 Å². The van der Waals surface area contributed by atoms with E-state index in [2.05, 4.69) is 48.1 Å². The Balaban J connectivity index is 0.00000817. The predicted molar refractivity (Wildman–Crippen MR) is 266 cm³/mol. The molecule has 3 aliphatic rings. The first-order chi connectivity index (χ1) is 31.1. The summed E-state index contributed by atoms with van der Waals surface area (Å²) in [5.74, 6) is -0.717. The molecule has 0 amide bonds. The van der Waals surface area contributed by atoms with Gasteiger partial charge in [0.2, 0.25) is 0 Å². The quantitative estimate of drug-likeness (QED) is 0.0514. The predicted octanol–water partition coefficient (Wildman–Crippen LogP) is 8.16. The first-order valence-electron chi connectivity index (χ1n) is 24.2. The van der Waals surface area contributed by atoms with Gasteiger partial charge in [-0.1, -0.05) is 151 Å². The Labute approximate surface area is 408 Å². The molecule has 1 unspecified atom stereocenters. The second-order valence-electron chi connectivity index (χ2n) is 19.5. The van der Waals surface area contributed by atoms with Crippen LogP contribution in [0.2, 0.25) is 0 Å². The summed E-state index contributed by atoms with van der Waals surface area (Å²) in [7, 11) is 1.28. The molecule has 5 heterocycles. The van der Waals surface area contributed by atoms with Crippen molar-refractivity contribution in [2.45, 2.75) is 145 Å². The fraction of sp³-hybridized carbons (Fsp3) is 0.545. The number of hydrogen-bond donors (Lipinski definition) is 1. The second-order valence-corrected chi connectivity index (χ2v) is 19.5. The number of allylic oxidation sites excluding steroid dienone is 2. The number of fused-ring (bicyclic) bond motifs is 8. The SMILES string of the molecule is C=Cc1c2[n-]c(c1C)/C=C1/[N-]C(C3=c4[n-]/c(c(C)c4C(=O)[C@@H]3C(=O)OC)=C\c3[n-]c(/c(=C/O)c3CC)=C\2)[C@@H](CCC(=O)OC/C=C(\C)CCC[C@H](C)CCC[C@H](C)CCCC(C)C)[C@@H]1C.[Mg+2]. The summed E-state index contributed by atoms with van der Waals surface area (Å²) < 4.78 is 11.0. The number of carbonyl (C=O) groups excluding carboxylic acids is 3. The van der Waals surface area contributed by atoms with Gasteiger partial charge < -0.3 is 34.8 Å². The summed E-state index contributed by atoms with van der Waals surface area (Å²) in [5, 5.41) is 17.9. The standard InChI is InChI=1S/C55H72N4O6.Mg/c1-12-38-35(8)42-27-43-36(9)40(23-24-48(61)65-26-25-34(7)22-16-21-33(6)20-15-19-32(5)18-14-17-31(3)4)52(58-43)50-51(55(63)64-11)54(62)49-37(10)44(59-53(49)50)28-46-39(13-2)41(30-60)47(57-46)29-45(38)56-42;/h12,25,27-33,36,40,51-52H,1,13-24,26H2,2-11H3,(H,60,62);/q-4;+2/b34-25+,43-27+,47-29-;/t32-,33-,36+,40+,51-,52?;/m1./s1. The molecule has 10 nitrogen and oxygen atoms in total. The molecule has 6 rings (SSSR count). The van der Waals surface area contributed by atoms with Gasteiger partial charge in [-0.2, -0.15) is 5.70 Å². The van der Waals surface area contributed by atoms with Gasteiger partial charge in [0.05, 0.1) is 13.4 Å². The summed E-state index contributed by atoms with van der Waals surface area (Å²) >= 11 is 0. The first kappa shape index (κ1) is 52.5. The van der Waals surface area contributed by atoms with Crippen LogP contribution in [0.15, 0.2) is 23.9 Å². The molecule has 1 aliphatic carbocycles. The van der Waals surface area contributed by atoms with E-state index in [9.17, 15) is 19.5 Å². The summed E-state index contributed by atoms with van der Waals surface area (Å²) in [6, 6.07) is -0.651. The number of methoxy groups -OCH3 is 1. The number of hydrogen-bond acceptors (Lipinski definition) is 6. The Bertz CT molecular complexity index is 2570. The molecule has 2 aliphatic heterocycles. The van der Waals surface area contributed by atoms with Crippen LogP contribution in [0, 0.1) is 49.4 Å². The Kier molecular flexibility index (Phi) is 18.7. The molecule has 6 atom stereocenters. The van der Waals surface area contributed by atoms with Crippen LogP contribution in [0.5, 0.6) is 0 Å². The van der Waals surface area contributed by atoms with Crippen LogP contribution in [0.25, 0.3) is 41.5 Å². The van der Waals surface area contributed by atoms with Gasteiger partial charge >= 0.3 is 35.0 Å². The molecule has 3 aromatic rings. The molecule has 1 N–H and O–H groups in total. The number of ether oxygens (including phenoxy) is 2. The molecular formula is C55H72MgN4O6-2. The number of aliphatic hydroxyl groups is 1. The molecule has 0 radical (unpaired) electrons. The Hall–Kier alpha value is -4.48. The van der Waals surface area contributed by atoms with Crippen molar-refractivity contribution in [2.24, 2.45) is 35.5 Å². The molecular weight excluding hydrogens is 837 g/mol. The summed E-state index contributed by atoms with van der Waals surface area (Å²) in [5.41, 5.74) is 7.98. The zero-order chi connectivity index (χ0) is 47.1. The van der Waals surface area contributed by atoms with Crippen LogP contribution in [-0.4, -0.2) is 65.6 Å². The topological polar surface area (TPSA) is 146 Å². The molecule has 0 saturated carbocycles. The average molecular weight is 910 g/mol. The van der Waals surface area contributed by atoms with Gasteiger partial charge in [-0.25, -0.2) is 0 Å². The minimum Gasteiger partial charge on any atom is -0.681 e. The van der Waals surface area contributed by atoms with Crippen molar-refractivity contribution in [1.29, 1.82) is 0 Å². The van der Waals surface area contributed by atoms with E-state index in [-0.39, 0.29) is 59.7 Å². The molecule has 1 fully saturated rings. The molecule has 352 valence electrons. The number of aliphatic hydroxyl groups excluding tert-OH is 1. The van der Waals surface area contributed by atoms with Gasteiger partial charge in [0.1, 0.15) is 12.5 Å². The van der Waals surface area contributed by atoms with E-state index in [4.69, 9.17) is 29.7 Å². The van der Waals surface area contributed by atoms with Crippen LogP contribution < -0.4 is 36.2 Å². The molecule has 8 bridgehead atoms. The maximum absolute atomic E-state index is 14.4. The van der Waals surface area contributed by atoms with Gasteiger partial charge in [-0.3, -0.25) is 14.4 Å². The van der Waals surface area contributed by atoms with Crippen molar-refractivity contribution >= 4 is 76.9 Å². The van der Waals surface area contributed by atoms with E-state index in [0.29, 0.717) is 73.8 Å². The minimum absolute atomic E-state index is 0. The molecule has 66 heavy (non-hydrogen) atoms. The maximum Gasteiger partial charge on any atom is 2.00 e. The molecule has 0 aromatic carbocycles. The number of nitrogens with zero attached hydrogens (tertiary/aromatic N) is 4. The van der Waals surface area contributed by atoms with Gasteiger partial charge in [-0.05, 0) is 92.9 Å². The van der Waals surface area contributed by atoms with Crippen LogP contribution in [-0.2, 0) is 25.5 Å². The number of aromatic nitrogens is 3. The number of esters is 2. The summed E-state index contributed by atoms with van der Waals surface area (Å²) in [6.45, 7) is 23.7. The third kappa shape index (κ3) is 11.6. The fourth-order valence-electron chi connectivity index (χ4n) is 10.3. The second kappa shape index (κ2) is 23.5. The van der Waals surface area contributed by atoms with Crippen molar-refractivity contribution in [1.82, 2.24) is 15.0 Å². The normalized spacial score (nSPS) is 21.8. The van der Waals surface area contributed by atoms with Gasteiger partial charge in [0, 0.05) is 12.0 Å². The largest absolute Gasteiger partial charge is 2.00 e. The van der Waals surface area contributed by atoms with E-state index in [0.717, 1.165) is 53.3 Å². The van der Waals surface area contributed by atoms with Gasteiger partial charge in [-0.15, -0.1) is 33.1 Å². The molecule has 3 aromatic heterocycles. The fourth-order valence-corrected chi connectivity index (χ4v) is 10.3. The minimum atomic E-state index is -1.22. The smallest absolute Gasteiger partial charge is 0.681 e. The van der Waals surface area contributed by atoms with E-state index in [1.165, 1.54) is 57.6 Å². The van der Waals surface area contributed by atoms with E-state index in [1.54, 1.807) is 6.08 Å². The van der Waals surface area contributed by atoms with Gasteiger partial charge in [0.25, 0.3) is 0 Å². The Morgan fingerprint density at radius 3 is 2.18 bits per heavy atom. The third-order valence-electron chi connectivity index (χ3n) is 14.4. The van der Waals surface area contributed by atoms with E-state index >= 15 is 0 Å². The molecule has 0 spiro atoms. The van der Waals surface area contributed by atoms with Crippen molar-refractivity contribution in [2.75, 3.05) is 13.7 Å². The van der Waals surface area contributed by atoms with Crippen molar-refractivity contribution in [3.63, 3.8) is 0 Å². The van der Waals surface area contributed by atoms with Crippen LogP contribution in [0.4, 0.5) is 0 Å². The van der Waals surface area contributed by atoms with Crippen LogP contribution in [0.1, 0.15) is 169 Å². The number of rotatable bonds is 20. The maximum atomic E-state index is 14.4. The van der Waals surface area contributed by atoms with Crippen LogP contribution >= 0.6 is 0 Å². The molecule has 11 heteroatoms. The van der Waals surface area contributed by atoms with Crippen molar-refractivity contribution in [3.8, 4) is 0 Å². The van der Waals surface area contributed by atoms with E-state index < -0.39 is 17.9 Å². The van der Waals surface area contributed by atoms with Crippen LogP contribution in [0.3, 0.4) is 0 Å². The third-order valence-corrected chi connectivity index (χ3v) is 14.4. The molecule has 1 saturated heterocycles. The first-order valence-corrected chi connectivity index (χ1v) is 24.2. The number of Topliss-reactive ketones (excluding diaryl/α,β-unsaturated/α-hetero) is 1. The van der Waals surface area contributed by atoms with Crippen molar-refractivity contribution in [3.05, 3.63) is 95.4 Å². The van der Waals surface area contributed by atoms with E-state index in [1.807, 2.05) is 45.1 Å². The average Bonchev–Trinajstić information content (AvgIpc) is 4.02. The number of ketones is 1.